The lowest BCUT2D eigenvalue weighted by atomic mass is 10.1. The second-order valence-corrected chi connectivity index (χ2v) is 6.93. The second-order valence-electron chi connectivity index (χ2n) is 5.25. The van der Waals surface area contributed by atoms with Crippen molar-refractivity contribution in [1.82, 2.24) is 5.32 Å². The number of nitrogens with zero attached hydrogens (tertiary/aromatic N) is 1. The molecular formula is C14H20N2O2S. The summed E-state index contributed by atoms with van der Waals surface area (Å²) < 4.78 is 0.398. The average molecular weight is 280 g/mol. The fourth-order valence-electron chi connectivity index (χ4n) is 2.35. The van der Waals surface area contributed by atoms with E-state index in [-0.39, 0.29) is 10.6 Å². The van der Waals surface area contributed by atoms with E-state index >= 15 is 0 Å². The van der Waals surface area contributed by atoms with Crippen LogP contribution in [0.2, 0.25) is 0 Å². The van der Waals surface area contributed by atoms with Gasteiger partial charge in [0.15, 0.2) is 0 Å². The number of nitro groups is 1. The molecule has 0 spiro atoms. The number of nitrogens with one attached hydrogen (secondary N) is 1. The van der Waals surface area contributed by atoms with Gasteiger partial charge in [0.05, 0.1) is 4.92 Å². The smallest absolute Gasteiger partial charge is 0.269 e. The molecule has 5 heteroatoms. The van der Waals surface area contributed by atoms with Gasteiger partial charge in [-0.2, -0.15) is 11.8 Å². The summed E-state index contributed by atoms with van der Waals surface area (Å²) in [6, 6.07) is 6.82. The van der Waals surface area contributed by atoms with E-state index in [2.05, 4.69) is 24.0 Å². The monoisotopic (exact) mass is 280 g/mol. The van der Waals surface area contributed by atoms with E-state index in [1.807, 2.05) is 12.1 Å². The Kier molecular flexibility index (Phi) is 4.82. The van der Waals surface area contributed by atoms with Crippen molar-refractivity contribution in [2.45, 2.75) is 30.9 Å². The Morgan fingerprint density at radius 2 is 2.16 bits per heavy atom. The highest BCUT2D eigenvalue weighted by Crippen LogP contribution is 2.36. The first-order valence-corrected chi connectivity index (χ1v) is 7.66. The third-order valence-electron chi connectivity index (χ3n) is 3.54. The van der Waals surface area contributed by atoms with Crippen molar-refractivity contribution in [3.8, 4) is 0 Å². The van der Waals surface area contributed by atoms with E-state index in [4.69, 9.17) is 0 Å². The lowest BCUT2D eigenvalue weighted by Gasteiger charge is -2.22. The lowest BCUT2D eigenvalue weighted by Crippen LogP contribution is -2.33. The minimum absolute atomic E-state index is 0.159. The van der Waals surface area contributed by atoms with Crippen molar-refractivity contribution >= 4 is 17.4 Å². The van der Waals surface area contributed by atoms with Crippen LogP contribution < -0.4 is 5.32 Å². The van der Waals surface area contributed by atoms with E-state index in [1.54, 1.807) is 12.1 Å². The van der Waals surface area contributed by atoms with Gasteiger partial charge in [-0.05, 0) is 44.0 Å². The quantitative estimate of drug-likeness (QED) is 0.494. The van der Waals surface area contributed by atoms with E-state index in [0.717, 1.165) is 25.1 Å². The number of benzene rings is 1. The summed E-state index contributed by atoms with van der Waals surface area (Å²) in [5.41, 5.74) is 1.30. The highest BCUT2D eigenvalue weighted by molar-refractivity contribution is 8.00. The summed E-state index contributed by atoms with van der Waals surface area (Å²) in [6.45, 7) is 4.29. The molecule has 1 fully saturated rings. The zero-order chi connectivity index (χ0) is 13.7. The molecule has 2 rings (SSSR count). The Balaban J connectivity index is 1.72. The summed E-state index contributed by atoms with van der Waals surface area (Å²) in [7, 11) is 0. The third kappa shape index (κ3) is 4.21. The van der Waals surface area contributed by atoms with E-state index in [1.165, 1.54) is 18.6 Å². The largest absolute Gasteiger partial charge is 0.315 e. The molecule has 1 atom stereocenters. The topological polar surface area (TPSA) is 55.2 Å². The molecule has 1 aromatic carbocycles. The van der Waals surface area contributed by atoms with Gasteiger partial charge in [-0.1, -0.05) is 12.1 Å². The van der Waals surface area contributed by atoms with E-state index < -0.39 is 0 Å². The van der Waals surface area contributed by atoms with Crippen molar-refractivity contribution in [1.29, 1.82) is 0 Å². The number of hydrogen-bond acceptors (Lipinski definition) is 4. The molecule has 0 amide bonds. The zero-order valence-electron chi connectivity index (χ0n) is 11.2. The van der Waals surface area contributed by atoms with Gasteiger partial charge in [-0.15, -0.1) is 0 Å². The molecule has 19 heavy (non-hydrogen) atoms. The van der Waals surface area contributed by atoms with Crippen LogP contribution in [0, 0.1) is 10.1 Å². The Morgan fingerprint density at radius 1 is 1.42 bits per heavy atom. The molecule has 1 aromatic rings. The molecule has 1 aliphatic heterocycles. The van der Waals surface area contributed by atoms with Crippen molar-refractivity contribution < 1.29 is 4.92 Å². The Morgan fingerprint density at radius 3 is 2.74 bits per heavy atom. The summed E-state index contributed by atoms with van der Waals surface area (Å²) in [4.78, 5) is 10.2. The first-order chi connectivity index (χ1) is 9.09. The molecular weight excluding hydrogens is 260 g/mol. The molecule has 4 nitrogen and oxygen atoms in total. The predicted octanol–water partition coefficient (Wildman–Crippen LogP) is 3.01. The van der Waals surface area contributed by atoms with Crippen LogP contribution >= 0.6 is 11.8 Å². The normalized spacial score (nSPS) is 22.6. The second kappa shape index (κ2) is 6.39. The molecule has 1 saturated heterocycles. The van der Waals surface area contributed by atoms with Crippen LogP contribution in [-0.4, -0.2) is 28.5 Å². The van der Waals surface area contributed by atoms with Crippen molar-refractivity contribution in [2.75, 3.05) is 18.8 Å². The van der Waals surface area contributed by atoms with Crippen LogP contribution in [0.15, 0.2) is 24.3 Å². The standard InChI is InChI=1S/C14H20N2O2S/c1-14(8-2-10-19-14)11-15-9-7-12-3-5-13(6-4-12)16(17)18/h3-6,15H,2,7-11H2,1H3. The van der Waals surface area contributed by atoms with Gasteiger partial charge < -0.3 is 5.32 Å². The maximum Gasteiger partial charge on any atom is 0.269 e. The molecule has 1 aliphatic rings. The summed E-state index contributed by atoms with van der Waals surface area (Å²) in [5.74, 6) is 1.28. The average Bonchev–Trinajstić information content (AvgIpc) is 2.83. The zero-order valence-corrected chi connectivity index (χ0v) is 12.0. The number of thioether (sulfide) groups is 1. The summed E-state index contributed by atoms with van der Waals surface area (Å²) in [6.07, 6.45) is 3.53. The molecule has 0 saturated carbocycles. The first-order valence-electron chi connectivity index (χ1n) is 6.67. The molecule has 1 unspecified atom stereocenters. The fourth-order valence-corrected chi connectivity index (χ4v) is 3.62. The van der Waals surface area contributed by atoms with Crippen LogP contribution in [0.5, 0.6) is 0 Å². The maximum atomic E-state index is 10.5. The Labute approximate surface area is 118 Å². The molecule has 1 heterocycles. The summed E-state index contributed by atoms with van der Waals surface area (Å²) in [5, 5.41) is 14.0. The van der Waals surface area contributed by atoms with Crippen molar-refractivity contribution in [3.05, 3.63) is 39.9 Å². The van der Waals surface area contributed by atoms with Gasteiger partial charge in [0.1, 0.15) is 0 Å². The molecule has 0 aliphatic carbocycles. The molecule has 0 aromatic heterocycles. The SMILES string of the molecule is CC1(CNCCc2ccc([N+](=O)[O-])cc2)CCCS1. The number of nitro benzene ring substituents is 1. The minimum Gasteiger partial charge on any atom is -0.315 e. The fraction of sp³-hybridized carbons (Fsp3) is 0.571. The maximum absolute atomic E-state index is 10.5. The van der Waals surface area contributed by atoms with Crippen LogP contribution in [0.1, 0.15) is 25.3 Å². The van der Waals surface area contributed by atoms with Gasteiger partial charge in [0.25, 0.3) is 5.69 Å². The van der Waals surface area contributed by atoms with Crippen LogP contribution in [0.25, 0.3) is 0 Å². The van der Waals surface area contributed by atoms with Crippen molar-refractivity contribution in [3.63, 3.8) is 0 Å². The third-order valence-corrected chi connectivity index (χ3v) is 5.08. The Hall–Kier alpha value is -1.07. The highest BCUT2D eigenvalue weighted by atomic mass is 32.2. The first kappa shape index (κ1) is 14.3. The van der Waals surface area contributed by atoms with E-state index in [9.17, 15) is 10.1 Å². The van der Waals surface area contributed by atoms with Crippen LogP contribution in [0.3, 0.4) is 0 Å². The molecule has 0 bridgehead atoms. The predicted molar refractivity (Wildman–Crippen MR) is 79.8 cm³/mol. The number of rotatable bonds is 6. The number of hydrogen-bond donors (Lipinski definition) is 1. The van der Waals surface area contributed by atoms with Gasteiger partial charge in [-0.25, -0.2) is 0 Å². The molecule has 1 N–H and O–H groups in total. The van der Waals surface area contributed by atoms with Crippen LogP contribution in [-0.2, 0) is 6.42 Å². The van der Waals surface area contributed by atoms with E-state index in [0.29, 0.717) is 4.75 Å². The summed E-state index contributed by atoms with van der Waals surface area (Å²) >= 11 is 2.06. The highest BCUT2D eigenvalue weighted by Gasteiger charge is 2.28. The molecule has 104 valence electrons. The van der Waals surface area contributed by atoms with Gasteiger partial charge in [0.2, 0.25) is 0 Å². The van der Waals surface area contributed by atoms with Gasteiger partial charge in [-0.3, -0.25) is 10.1 Å². The van der Waals surface area contributed by atoms with Crippen LogP contribution in [0.4, 0.5) is 5.69 Å². The van der Waals surface area contributed by atoms with Gasteiger partial charge >= 0.3 is 0 Å². The van der Waals surface area contributed by atoms with Gasteiger partial charge in [0, 0.05) is 23.4 Å². The minimum atomic E-state index is -0.361. The molecule has 0 radical (unpaired) electrons. The van der Waals surface area contributed by atoms with Crippen molar-refractivity contribution in [2.24, 2.45) is 0 Å². The Bertz CT molecular complexity index is 428. The number of non-ortho nitro benzene ring substituents is 1. The lowest BCUT2D eigenvalue weighted by molar-refractivity contribution is -0.384.